The first-order chi connectivity index (χ1) is 16.4. The van der Waals surface area contributed by atoms with Crippen molar-refractivity contribution in [2.45, 2.75) is 6.17 Å². The van der Waals surface area contributed by atoms with Gasteiger partial charge in [0.25, 0.3) is 11.5 Å². The summed E-state index contributed by atoms with van der Waals surface area (Å²) in [7, 11) is 1.46. The van der Waals surface area contributed by atoms with E-state index in [1.54, 1.807) is 18.2 Å². The van der Waals surface area contributed by atoms with Crippen molar-refractivity contribution in [3.8, 4) is 0 Å². The number of alkyl halides is 1. The second-order valence-electron chi connectivity index (χ2n) is 8.06. The number of aromatic nitrogens is 4. The zero-order valence-electron chi connectivity index (χ0n) is 18.1. The summed E-state index contributed by atoms with van der Waals surface area (Å²) >= 11 is 6.01. The van der Waals surface area contributed by atoms with Gasteiger partial charge in [-0.3, -0.25) is 14.5 Å². The molecule has 3 aromatic rings. The van der Waals surface area contributed by atoms with Gasteiger partial charge in [0, 0.05) is 39.8 Å². The van der Waals surface area contributed by atoms with E-state index in [4.69, 9.17) is 11.6 Å². The van der Waals surface area contributed by atoms with Crippen LogP contribution in [0.4, 0.5) is 14.5 Å². The number of carbonyl (C=O) groups excluding carboxylic acids is 1. The Kier molecular flexibility index (Phi) is 5.74. The Hall–Kier alpha value is -3.44. The topological polar surface area (TPSA) is 95.7 Å². The van der Waals surface area contributed by atoms with E-state index in [9.17, 15) is 14.0 Å². The van der Waals surface area contributed by atoms with Gasteiger partial charge in [-0.1, -0.05) is 17.7 Å². The van der Waals surface area contributed by atoms with E-state index >= 15 is 4.39 Å². The molecule has 1 aliphatic carbocycles. The van der Waals surface area contributed by atoms with Gasteiger partial charge in [-0.2, -0.15) is 9.49 Å². The van der Waals surface area contributed by atoms with Crippen molar-refractivity contribution in [2.75, 3.05) is 44.7 Å². The SMILES string of the molecule is CNC(=O)c1ccc(N2CCN(CC3=CC=c4c(nc(=O)c5c(Cl)cnn45)C3F)CC2)c(F)n1. The van der Waals surface area contributed by atoms with Crippen molar-refractivity contribution in [1.82, 2.24) is 29.8 Å². The van der Waals surface area contributed by atoms with Crippen LogP contribution in [0.15, 0.2) is 34.8 Å². The van der Waals surface area contributed by atoms with Crippen LogP contribution in [0.3, 0.4) is 0 Å². The highest BCUT2D eigenvalue weighted by Crippen LogP contribution is 2.27. The maximum Gasteiger partial charge on any atom is 0.297 e. The smallest absolute Gasteiger partial charge is 0.297 e. The van der Waals surface area contributed by atoms with Crippen LogP contribution in [-0.2, 0) is 0 Å². The molecule has 5 rings (SSSR count). The van der Waals surface area contributed by atoms with Gasteiger partial charge in [0.05, 0.1) is 22.3 Å². The average molecular weight is 488 g/mol. The van der Waals surface area contributed by atoms with Gasteiger partial charge in [0.2, 0.25) is 5.95 Å². The fraction of sp³-hybridized carbons (Fsp3) is 0.318. The summed E-state index contributed by atoms with van der Waals surface area (Å²) in [6.07, 6.45) is 3.16. The maximum atomic E-state index is 15.3. The summed E-state index contributed by atoms with van der Waals surface area (Å²) in [6, 6.07) is 3.03. The molecular weight excluding hydrogens is 468 g/mol. The fourth-order valence-corrected chi connectivity index (χ4v) is 4.48. The standard InChI is InChI=1S/C22H20ClF2N7O2/c1-26-21(33)14-3-5-16(20(25)28-14)31-8-6-30(7-9-31)11-12-2-4-15-18(17(12)24)29-22(34)19-13(23)10-27-32(15)19/h2-5,10,17H,6-9,11H2,1H3,(H,26,33). The second kappa shape index (κ2) is 8.73. The van der Waals surface area contributed by atoms with Crippen LogP contribution >= 0.6 is 11.6 Å². The Morgan fingerprint density at radius 1 is 1.21 bits per heavy atom. The molecule has 12 heteroatoms. The Morgan fingerprint density at radius 3 is 2.68 bits per heavy atom. The maximum absolute atomic E-state index is 15.3. The molecule has 0 saturated carbocycles. The minimum absolute atomic E-state index is 0.0154. The van der Waals surface area contributed by atoms with Crippen molar-refractivity contribution >= 4 is 34.8 Å². The Labute approximate surface area is 197 Å². The predicted octanol–water partition coefficient (Wildman–Crippen LogP) is 0.909. The van der Waals surface area contributed by atoms with E-state index in [-0.39, 0.29) is 21.9 Å². The highest BCUT2D eigenvalue weighted by molar-refractivity contribution is 6.33. The van der Waals surface area contributed by atoms with Crippen molar-refractivity contribution in [3.05, 3.63) is 68.0 Å². The average Bonchev–Trinajstić information content (AvgIpc) is 3.23. The lowest BCUT2D eigenvalue weighted by atomic mass is 10.0. The third-order valence-corrected chi connectivity index (χ3v) is 6.35. The Balaban J connectivity index is 1.29. The summed E-state index contributed by atoms with van der Waals surface area (Å²) in [6.45, 7) is 2.51. The summed E-state index contributed by atoms with van der Waals surface area (Å²) in [5.41, 5.74) is 0.351. The Bertz CT molecular complexity index is 1430. The van der Waals surface area contributed by atoms with Crippen molar-refractivity contribution in [3.63, 3.8) is 0 Å². The molecule has 3 aromatic heterocycles. The molecule has 1 aliphatic heterocycles. The normalized spacial score (nSPS) is 18.4. The summed E-state index contributed by atoms with van der Waals surface area (Å²) < 4.78 is 31.2. The molecule has 4 heterocycles. The zero-order valence-corrected chi connectivity index (χ0v) is 18.9. The van der Waals surface area contributed by atoms with Gasteiger partial charge in [-0.15, -0.1) is 0 Å². The summed E-state index contributed by atoms with van der Waals surface area (Å²) in [5.74, 6) is -1.16. The summed E-state index contributed by atoms with van der Waals surface area (Å²) in [5, 5.41) is 7.06. The molecule has 176 valence electrons. The number of nitrogens with one attached hydrogen (secondary N) is 1. The number of anilines is 1. The molecule has 1 saturated heterocycles. The van der Waals surface area contributed by atoms with Crippen molar-refractivity contribution in [2.24, 2.45) is 0 Å². The van der Waals surface area contributed by atoms with Crippen LogP contribution in [0.5, 0.6) is 0 Å². The number of amides is 1. The number of pyridine rings is 1. The molecule has 1 N–H and O–H groups in total. The first kappa shape index (κ1) is 22.4. The van der Waals surface area contributed by atoms with Crippen LogP contribution < -0.4 is 21.1 Å². The first-order valence-corrected chi connectivity index (χ1v) is 11.0. The monoisotopic (exact) mass is 487 g/mol. The predicted molar refractivity (Wildman–Crippen MR) is 122 cm³/mol. The van der Waals surface area contributed by atoms with E-state index in [0.717, 1.165) is 0 Å². The first-order valence-electron chi connectivity index (χ1n) is 10.6. The van der Waals surface area contributed by atoms with Crippen LogP contribution in [0.2, 0.25) is 5.02 Å². The van der Waals surface area contributed by atoms with Crippen molar-refractivity contribution in [1.29, 1.82) is 0 Å². The number of hydrogen-bond acceptors (Lipinski definition) is 7. The molecule has 0 radical (unpaired) electrons. The zero-order chi connectivity index (χ0) is 24.0. The van der Waals surface area contributed by atoms with Gasteiger partial charge in [-0.05, 0) is 23.8 Å². The van der Waals surface area contributed by atoms with Crippen molar-refractivity contribution < 1.29 is 13.6 Å². The van der Waals surface area contributed by atoms with Gasteiger partial charge < -0.3 is 10.2 Å². The van der Waals surface area contributed by atoms with Gasteiger partial charge in [0.1, 0.15) is 11.4 Å². The molecule has 0 spiro atoms. The number of halogens is 3. The van der Waals surface area contributed by atoms with Crippen LogP contribution in [-0.4, -0.2) is 70.2 Å². The number of fused-ring (bicyclic) bond motifs is 3. The lowest BCUT2D eigenvalue weighted by Gasteiger charge is -2.36. The number of piperazine rings is 1. The molecule has 2 aliphatic rings. The van der Waals surface area contributed by atoms with E-state index < -0.39 is 23.6 Å². The van der Waals surface area contributed by atoms with Crippen LogP contribution in [0.25, 0.3) is 11.6 Å². The highest BCUT2D eigenvalue weighted by atomic mass is 35.5. The molecule has 1 amide bonds. The molecule has 0 bridgehead atoms. The largest absolute Gasteiger partial charge is 0.365 e. The molecule has 34 heavy (non-hydrogen) atoms. The van der Waals surface area contributed by atoms with Gasteiger partial charge >= 0.3 is 0 Å². The van der Waals surface area contributed by atoms with Gasteiger partial charge in [0.15, 0.2) is 11.7 Å². The molecule has 1 atom stereocenters. The lowest BCUT2D eigenvalue weighted by molar-refractivity contribution is 0.0957. The second-order valence-corrected chi connectivity index (χ2v) is 8.47. The third-order valence-electron chi connectivity index (χ3n) is 6.07. The Morgan fingerprint density at radius 2 is 1.97 bits per heavy atom. The molecule has 9 nitrogen and oxygen atoms in total. The summed E-state index contributed by atoms with van der Waals surface area (Å²) in [4.78, 5) is 35.5. The number of hydrogen-bond donors (Lipinski definition) is 1. The number of nitrogens with zero attached hydrogens (tertiary/aromatic N) is 6. The van der Waals surface area contributed by atoms with Crippen LogP contribution in [0.1, 0.15) is 22.4 Å². The lowest BCUT2D eigenvalue weighted by Crippen LogP contribution is -2.47. The van der Waals surface area contributed by atoms with Crippen LogP contribution in [0, 0.1) is 5.95 Å². The molecule has 0 aromatic carbocycles. The fourth-order valence-electron chi connectivity index (χ4n) is 4.28. The van der Waals surface area contributed by atoms with E-state index in [2.05, 4.69) is 25.3 Å². The minimum atomic E-state index is -1.54. The van der Waals surface area contributed by atoms with E-state index in [1.807, 2.05) is 4.90 Å². The van der Waals surface area contributed by atoms with Gasteiger partial charge in [-0.25, -0.2) is 18.9 Å². The van der Waals surface area contributed by atoms with E-state index in [1.165, 1.54) is 23.8 Å². The minimum Gasteiger partial charge on any atom is -0.365 e. The quantitative estimate of drug-likeness (QED) is 0.546. The number of allylic oxidation sites excluding steroid dienone is 1. The number of rotatable bonds is 4. The molecule has 1 unspecified atom stereocenters. The van der Waals surface area contributed by atoms with E-state index in [0.29, 0.717) is 49.3 Å². The third kappa shape index (κ3) is 3.80. The number of carbonyl (C=O) groups is 1. The molecular formula is C22H20ClF2N7O2. The highest BCUT2D eigenvalue weighted by Gasteiger charge is 2.28. The molecule has 1 fully saturated rings.